The minimum atomic E-state index is -0.725. The van der Waals surface area contributed by atoms with E-state index in [0.717, 1.165) is 19.3 Å². The SMILES string of the molecule is CC1(C)C=CC(=O)C(C)(C2CCC(C)(Cl)C(Br)C2)O1. The van der Waals surface area contributed by atoms with Crippen LogP contribution >= 0.6 is 27.5 Å². The van der Waals surface area contributed by atoms with Gasteiger partial charge in [0.1, 0.15) is 5.60 Å². The van der Waals surface area contributed by atoms with E-state index in [-0.39, 0.29) is 27.0 Å². The summed E-state index contributed by atoms with van der Waals surface area (Å²) in [6.45, 7) is 7.98. The lowest BCUT2D eigenvalue weighted by Crippen LogP contribution is -2.55. The molecule has 2 rings (SSSR count). The van der Waals surface area contributed by atoms with Gasteiger partial charge in [-0.25, -0.2) is 0 Å². The first-order valence-electron chi connectivity index (χ1n) is 6.84. The molecule has 108 valence electrons. The molecule has 1 saturated carbocycles. The van der Waals surface area contributed by atoms with E-state index in [0.29, 0.717) is 0 Å². The first-order chi connectivity index (χ1) is 8.57. The number of carbonyl (C=O) groups is 1. The van der Waals surface area contributed by atoms with Gasteiger partial charge in [-0.1, -0.05) is 15.9 Å². The van der Waals surface area contributed by atoms with Crippen LogP contribution in [0.1, 0.15) is 47.0 Å². The van der Waals surface area contributed by atoms with E-state index in [2.05, 4.69) is 22.9 Å². The molecule has 0 amide bonds. The van der Waals surface area contributed by atoms with Crippen LogP contribution in [0.2, 0.25) is 0 Å². The summed E-state index contributed by atoms with van der Waals surface area (Å²) in [5.74, 6) is 0.287. The first-order valence-corrected chi connectivity index (χ1v) is 8.13. The highest BCUT2D eigenvalue weighted by Crippen LogP contribution is 2.47. The Hall–Kier alpha value is 0.140. The fourth-order valence-corrected chi connectivity index (χ4v) is 3.96. The summed E-state index contributed by atoms with van der Waals surface area (Å²) in [6, 6.07) is 0. The van der Waals surface area contributed by atoms with Gasteiger partial charge in [0.2, 0.25) is 0 Å². The highest BCUT2D eigenvalue weighted by atomic mass is 79.9. The molecule has 0 N–H and O–H groups in total. The normalized spacial score (nSPS) is 46.3. The Balaban J connectivity index is 2.22. The number of rotatable bonds is 1. The van der Waals surface area contributed by atoms with Crippen molar-refractivity contribution in [2.24, 2.45) is 5.92 Å². The molecule has 2 aliphatic rings. The van der Waals surface area contributed by atoms with Gasteiger partial charge in [-0.3, -0.25) is 4.79 Å². The molecule has 0 aromatic rings. The molecule has 1 fully saturated rings. The maximum atomic E-state index is 12.3. The Kier molecular flexibility index (Phi) is 3.97. The van der Waals surface area contributed by atoms with Gasteiger partial charge in [0.25, 0.3) is 0 Å². The third kappa shape index (κ3) is 2.93. The molecule has 1 aliphatic heterocycles. The first kappa shape index (κ1) is 15.5. The van der Waals surface area contributed by atoms with Crippen molar-refractivity contribution in [1.82, 2.24) is 0 Å². The summed E-state index contributed by atoms with van der Waals surface area (Å²) in [5.41, 5.74) is -1.11. The van der Waals surface area contributed by atoms with Crippen LogP contribution in [0, 0.1) is 5.92 Å². The standard InChI is InChI=1S/C15H22BrClO2/c1-13(2)7-6-12(18)15(4,19-13)10-5-8-14(3,17)11(16)9-10/h6-7,10-11H,5,8-9H2,1-4H3. The lowest BCUT2D eigenvalue weighted by Gasteiger charge is -2.48. The Morgan fingerprint density at radius 2 is 2.00 bits per heavy atom. The summed E-state index contributed by atoms with van der Waals surface area (Å²) in [6.07, 6.45) is 6.21. The molecule has 1 aliphatic carbocycles. The van der Waals surface area contributed by atoms with E-state index >= 15 is 0 Å². The highest BCUT2D eigenvalue weighted by Gasteiger charge is 2.50. The number of carbonyl (C=O) groups excluding carboxylic acids is 1. The van der Waals surface area contributed by atoms with Crippen LogP contribution in [0.3, 0.4) is 0 Å². The van der Waals surface area contributed by atoms with E-state index < -0.39 is 5.60 Å². The van der Waals surface area contributed by atoms with Crippen LogP contribution in [0.15, 0.2) is 12.2 Å². The summed E-state index contributed by atoms with van der Waals surface area (Å²) >= 11 is 10.2. The number of hydrogen-bond acceptors (Lipinski definition) is 2. The van der Waals surface area contributed by atoms with E-state index in [4.69, 9.17) is 16.3 Å². The average molecular weight is 350 g/mol. The van der Waals surface area contributed by atoms with Gasteiger partial charge < -0.3 is 4.74 Å². The molecule has 4 unspecified atom stereocenters. The Morgan fingerprint density at radius 3 is 2.58 bits per heavy atom. The molecular weight excluding hydrogens is 328 g/mol. The summed E-state index contributed by atoms with van der Waals surface area (Å²) < 4.78 is 6.13. The molecule has 0 radical (unpaired) electrons. The van der Waals surface area contributed by atoms with Gasteiger partial charge in [0.15, 0.2) is 5.78 Å². The summed E-state index contributed by atoms with van der Waals surface area (Å²) in [4.78, 5) is 12.3. The largest absolute Gasteiger partial charge is 0.357 e. The predicted octanol–water partition coefficient (Wildman–Crippen LogP) is 4.24. The summed E-state index contributed by atoms with van der Waals surface area (Å²) in [7, 11) is 0. The molecule has 4 heteroatoms. The van der Waals surface area contributed by atoms with Crippen molar-refractivity contribution in [1.29, 1.82) is 0 Å². The number of hydrogen-bond donors (Lipinski definition) is 0. The molecule has 2 nitrogen and oxygen atoms in total. The number of halogens is 2. The fourth-order valence-electron chi connectivity index (χ4n) is 3.08. The maximum absolute atomic E-state index is 12.3. The minimum absolute atomic E-state index is 0.0784. The molecule has 19 heavy (non-hydrogen) atoms. The third-order valence-electron chi connectivity index (χ3n) is 4.51. The van der Waals surface area contributed by atoms with Crippen LogP contribution in [0.25, 0.3) is 0 Å². The van der Waals surface area contributed by atoms with Crippen LogP contribution in [0.4, 0.5) is 0 Å². The predicted molar refractivity (Wildman–Crippen MR) is 82.0 cm³/mol. The second-order valence-electron chi connectivity index (χ2n) is 6.73. The second-order valence-corrected chi connectivity index (χ2v) is 8.70. The van der Waals surface area contributed by atoms with E-state index in [1.807, 2.05) is 26.8 Å². The van der Waals surface area contributed by atoms with Gasteiger partial charge in [0.05, 0.1) is 10.5 Å². The summed E-state index contributed by atoms with van der Waals surface area (Å²) in [5, 5.41) is 0. The van der Waals surface area contributed by atoms with Crippen molar-refractivity contribution in [2.45, 2.75) is 67.9 Å². The van der Waals surface area contributed by atoms with Crippen molar-refractivity contribution < 1.29 is 9.53 Å². The van der Waals surface area contributed by atoms with E-state index in [9.17, 15) is 4.79 Å². The lowest BCUT2D eigenvalue weighted by molar-refractivity contribution is -0.171. The lowest BCUT2D eigenvalue weighted by atomic mass is 9.71. The Morgan fingerprint density at radius 1 is 1.37 bits per heavy atom. The molecule has 0 bridgehead atoms. The van der Waals surface area contributed by atoms with Gasteiger partial charge >= 0.3 is 0 Å². The van der Waals surface area contributed by atoms with Crippen LogP contribution < -0.4 is 0 Å². The molecule has 4 atom stereocenters. The average Bonchev–Trinajstić information content (AvgIpc) is 2.27. The van der Waals surface area contributed by atoms with Crippen LogP contribution in [0.5, 0.6) is 0 Å². The van der Waals surface area contributed by atoms with Gasteiger partial charge in [-0.2, -0.15) is 0 Å². The molecule has 1 heterocycles. The van der Waals surface area contributed by atoms with Gasteiger partial charge in [-0.15, -0.1) is 11.6 Å². The Labute approximate surface area is 129 Å². The molecule has 0 aromatic carbocycles. The number of alkyl halides is 2. The van der Waals surface area contributed by atoms with Crippen LogP contribution in [-0.2, 0) is 9.53 Å². The van der Waals surface area contributed by atoms with Crippen molar-refractivity contribution in [3.63, 3.8) is 0 Å². The van der Waals surface area contributed by atoms with Crippen molar-refractivity contribution >= 4 is 33.3 Å². The van der Waals surface area contributed by atoms with Crippen LogP contribution in [-0.4, -0.2) is 26.7 Å². The topological polar surface area (TPSA) is 26.3 Å². The van der Waals surface area contributed by atoms with E-state index in [1.54, 1.807) is 6.08 Å². The van der Waals surface area contributed by atoms with Crippen molar-refractivity contribution in [3.05, 3.63) is 12.2 Å². The second kappa shape index (κ2) is 4.85. The Bertz CT molecular complexity index is 416. The zero-order valence-corrected chi connectivity index (χ0v) is 14.3. The maximum Gasteiger partial charge on any atom is 0.187 e. The third-order valence-corrected chi connectivity index (χ3v) is 6.61. The quantitative estimate of drug-likeness (QED) is 0.662. The zero-order valence-electron chi connectivity index (χ0n) is 12.0. The number of ether oxygens (including phenoxy) is 1. The molecule has 0 aromatic heterocycles. The number of ketones is 1. The van der Waals surface area contributed by atoms with E-state index in [1.165, 1.54) is 0 Å². The molecular formula is C15H22BrClO2. The van der Waals surface area contributed by atoms with Crippen molar-refractivity contribution in [3.8, 4) is 0 Å². The highest BCUT2D eigenvalue weighted by molar-refractivity contribution is 9.09. The van der Waals surface area contributed by atoms with Gasteiger partial charge in [-0.05, 0) is 65.0 Å². The molecule has 0 spiro atoms. The van der Waals surface area contributed by atoms with Gasteiger partial charge in [0, 0.05) is 4.83 Å². The zero-order chi connectivity index (χ0) is 14.5. The smallest absolute Gasteiger partial charge is 0.187 e. The molecule has 0 saturated heterocycles. The van der Waals surface area contributed by atoms with Crippen molar-refractivity contribution in [2.75, 3.05) is 0 Å². The minimum Gasteiger partial charge on any atom is -0.357 e. The fraction of sp³-hybridized carbons (Fsp3) is 0.800. The monoisotopic (exact) mass is 348 g/mol.